The first-order valence-electron chi connectivity index (χ1n) is 6.26. The monoisotopic (exact) mass is 196 g/mol. The predicted octanol–water partition coefficient (Wildman–Crippen LogP) is 2.00. The molecule has 1 aliphatic heterocycles. The first-order chi connectivity index (χ1) is 6.78. The topological polar surface area (TPSA) is 15.3 Å². The molecule has 82 valence electrons. The smallest absolute Gasteiger partial charge is 0.0210 e. The normalized spacial score (nSPS) is 33.4. The van der Waals surface area contributed by atoms with Crippen molar-refractivity contribution in [2.24, 2.45) is 0 Å². The van der Waals surface area contributed by atoms with Crippen LogP contribution in [0.1, 0.15) is 46.0 Å². The van der Waals surface area contributed by atoms with E-state index in [9.17, 15) is 0 Å². The zero-order valence-electron chi connectivity index (χ0n) is 9.68. The third kappa shape index (κ3) is 1.70. The van der Waals surface area contributed by atoms with Gasteiger partial charge >= 0.3 is 0 Å². The molecule has 14 heavy (non-hydrogen) atoms. The van der Waals surface area contributed by atoms with Crippen molar-refractivity contribution in [2.45, 2.75) is 57.5 Å². The van der Waals surface area contributed by atoms with E-state index in [-0.39, 0.29) is 0 Å². The molecule has 1 N–H and O–H groups in total. The molecule has 2 rings (SSSR count). The summed E-state index contributed by atoms with van der Waals surface area (Å²) in [5.74, 6) is 0. The van der Waals surface area contributed by atoms with Gasteiger partial charge in [0.25, 0.3) is 0 Å². The molecule has 1 unspecified atom stereocenters. The first-order valence-corrected chi connectivity index (χ1v) is 6.26. The van der Waals surface area contributed by atoms with Crippen LogP contribution in [0.5, 0.6) is 0 Å². The summed E-state index contributed by atoms with van der Waals surface area (Å²) in [4.78, 5) is 2.79. The van der Waals surface area contributed by atoms with E-state index >= 15 is 0 Å². The highest BCUT2D eigenvalue weighted by Gasteiger charge is 2.40. The summed E-state index contributed by atoms with van der Waals surface area (Å²) in [5, 5.41) is 3.49. The lowest BCUT2D eigenvalue weighted by atomic mass is 9.89. The molecule has 0 aromatic heterocycles. The van der Waals surface area contributed by atoms with Gasteiger partial charge in [0, 0.05) is 31.2 Å². The van der Waals surface area contributed by atoms with Crippen LogP contribution in [-0.2, 0) is 0 Å². The predicted molar refractivity (Wildman–Crippen MR) is 60.5 cm³/mol. The summed E-state index contributed by atoms with van der Waals surface area (Å²) >= 11 is 0. The maximum absolute atomic E-state index is 3.49. The maximum Gasteiger partial charge on any atom is 0.0210 e. The Morgan fingerprint density at radius 2 is 2.07 bits per heavy atom. The molecule has 0 aromatic carbocycles. The summed E-state index contributed by atoms with van der Waals surface area (Å²) in [7, 11) is 0. The van der Waals surface area contributed by atoms with Crippen molar-refractivity contribution in [2.75, 3.05) is 19.6 Å². The molecule has 2 nitrogen and oxygen atoms in total. The molecule has 0 radical (unpaired) electrons. The second kappa shape index (κ2) is 4.19. The average Bonchev–Trinajstić information content (AvgIpc) is 2.68. The molecule has 0 aromatic rings. The Labute approximate surface area is 88.1 Å². The fourth-order valence-corrected chi connectivity index (χ4v) is 3.42. The second-order valence-corrected chi connectivity index (χ2v) is 5.03. The van der Waals surface area contributed by atoms with Crippen LogP contribution in [0.2, 0.25) is 0 Å². The summed E-state index contributed by atoms with van der Waals surface area (Å²) in [6.07, 6.45) is 7.12. The van der Waals surface area contributed by atoms with Crippen molar-refractivity contribution in [1.82, 2.24) is 10.2 Å². The van der Waals surface area contributed by atoms with Crippen molar-refractivity contribution < 1.29 is 0 Å². The molecule has 2 aliphatic rings. The number of rotatable bonds is 2. The van der Waals surface area contributed by atoms with Crippen LogP contribution in [0.4, 0.5) is 0 Å². The Morgan fingerprint density at radius 3 is 2.64 bits per heavy atom. The standard InChI is InChI=1S/C12H24N2/c1-3-12(6-4-5-7-12)14-9-8-13-10-11(14)2/h11,13H,3-10H2,1-2H3. The first kappa shape index (κ1) is 10.4. The van der Waals surface area contributed by atoms with E-state index in [0.717, 1.165) is 6.04 Å². The van der Waals surface area contributed by atoms with Gasteiger partial charge in [0.05, 0.1) is 0 Å². The van der Waals surface area contributed by atoms with E-state index in [0.29, 0.717) is 5.54 Å². The van der Waals surface area contributed by atoms with Gasteiger partial charge in [0.15, 0.2) is 0 Å². The van der Waals surface area contributed by atoms with Crippen molar-refractivity contribution in [1.29, 1.82) is 0 Å². The van der Waals surface area contributed by atoms with E-state index in [1.54, 1.807) is 0 Å². The van der Waals surface area contributed by atoms with Crippen LogP contribution in [-0.4, -0.2) is 36.1 Å². The van der Waals surface area contributed by atoms with Gasteiger partial charge in [-0.05, 0) is 26.2 Å². The molecule has 2 fully saturated rings. The van der Waals surface area contributed by atoms with E-state index in [1.165, 1.54) is 51.7 Å². The van der Waals surface area contributed by atoms with Gasteiger partial charge in [-0.3, -0.25) is 4.90 Å². The van der Waals surface area contributed by atoms with Gasteiger partial charge in [-0.1, -0.05) is 19.8 Å². The van der Waals surface area contributed by atoms with E-state index in [1.807, 2.05) is 0 Å². The Kier molecular flexibility index (Phi) is 3.13. The largest absolute Gasteiger partial charge is 0.314 e. The van der Waals surface area contributed by atoms with Crippen molar-refractivity contribution in [3.8, 4) is 0 Å². The molecule has 1 saturated heterocycles. The molecular formula is C12H24N2. The summed E-state index contributed by atoms with van der Waals surface area (Å²) in [5.41, 5.74) is 0.571. The number of hydrogen-bond acceptors (Lipinski definition) is 2. The fraction of sp³-hybridized carbons (Fsp3) is 1.00. The minimum Gasteiger partial charge on any atom is -0.314 e. The Morgan fingerprint density at radius 1 is 1.36 bits per heavy atom. The molecule has 0 bridgehead atoms. The molecule has 1 aliphatic carbocycles. The summed E-state index contributed by atoms with van der Waals surface area (Å²) in [6.45, 7) is 8.38. The highest BCUT2D eigenvalue weighted by molar-refractivity contribution is 4.97. The van der Waals surface area contributed by atoms with Crippen molar-refractivity contribution >= 4 is 0 Å². The lowest BCUT2D eigenvalue weighted by Gasteiger charge is -2.47. The average molecular weight is 196 g/mol. The van der Waals surface area contributed by atoms with Crippen LogP contribution in [0.3, 0.4) is 0 Å². The molecule has 0 spiro atoms. The molecule has 2 heteroatoms. The van der Waals surface area contributed by atoms with E-state index < -0.39 is 0 Å². The zero-order chi connectivity index (χ0) is 10.0. The lowest BCUT2D eigenvalue weighted by molar-refractivity contribution is 0.0331. The van der Waals surface area contributed by atoms with Gasteiger partial charge in [-0.2, -0.15) is 0 Å². The molecule has 0 amide bonds. The third-order valence-corrected chi connectivity index (χ3v) is 4.30. The number of nitrogens with zero attached hydrogens (tertiary/aromatic N) is 1. The summed E-state index contributed by atoms with van der Waals surface area (Å²) < 4.78 is 0. The van der Waals surface area contributed by atoms with Crippen LogP contribution in [0.25, 0.3) is 0 Å². The van der Waals surface area contributed by atoms with Crippen molar-refractivity contribution in [3.05, 3.63) is 0 Å². The van der Waals surface area contributed by atoms with Crippen molar-refractivity contribution in [3.63, 3.8) is 0 Å². The second-order valence-electron chi connectivity index (χ2n) is 5.03. The highest BCUT2D eigenvalue weighted by Crippen LogP contribution is 2.39. The number of piperazine rings is 1. The SMILES string of the molecule is CCC1(N2CCNCC2C)CCCC1. The van der Waals surface area contributed by atoms with Gasteiger partial charge in [-0.15, -0.1) is 0 Å². The van der Waals surface area contributed by atoms with Gasteiger partial charge in [0.1, 0.15) is 0 Å². The maximum atomic E-state index is 3.49. The molecule has 1 saturated carbocycles. The van der Waals surface area contributed by atoms with E-state index in [2.05, 4.69) is 24.1 Å². The van der Waals surface area contributed by atoms with Gasteiger partial charge < -0.3 is 5.32 Å². The van der Waals surface area contributed by atoms with Gasteiger partial charge in [0.2, 0.25) is 0 Å². The fourth-order valence-electron chi connectivity index (χ4n) is 3.42. The minimum absolute atomic E-state index is 0.571. The Bertz CT molecular complexity index is 185. The molecule has 1 heterocycles. The molecular weight excluding hydrogens is 172 g/mol. The summed E-state index contributed by atoms with van der Waals surface area (Å²) in [6, 6.07) is 0.738. The van der Waals surface area contributed by atoms with Crippen LogP contribution >= 0.6 is 0 Å². The molecule has 1 atom stereocenters. The Hall–Kier alpha value is -0.0800. The van der Waals surface area contributed by atoms with Gasteiger partial charge in [-0.25, -0.2) is 0 Å². The van der Waals surface area contributed by atoms with E-state index in [4.69, 9.17) is 0 Å². The highest BCUT2D eigenvalue weighted by atomic mass is 15.3. The minimum atomic E-state index is 0.571. The quantitative estimate of drug-likeness (QED) is 0.727. The van der Waals surface area contributed by atoms with Crippen LogP contribution in [0, 0.1) is 0 Å². The number of nitrogens with one attached hydrogen (secondary N) is 1. The number of hydrogen-bond donors (Lipinski definition) is 1. The van der Waals surface area contributed by atoms with Crippen LogP contribution in [0.15, 0.2) is 0 Å². The lowest BCUT2D eigenvalue weighted by Crippen LogP contribution is -2.59. The Balaban J connectivity index is 2.09. The third-order valence-electron chi connectivity index (χ3n) is 4.30. The van der Waals surface area contributed by atoms with Crippen LogP contribution < -0.4 is 5.32 Å². The zero-order valence-corrected chi connectivity index (χ0v) is 9.68.